The Balaban J connectivity index is 1.84. The van der Waals surface area contributed by atoms with Crippen LogP contribution in [0.5, 0.6) is 0 Å². The van der Waals surface area contributed by atoms with Gasteiger partial charge in [-0.3, -0.25) is 4.79 Å². The van der Waals surface area contributed by atoms with Crippen LogP contribution in [0.25, 0.3) is 0 Å². The summed E-state index contributed by atoms with van der Waals surface area (Å²) in [6, 6.07) is 3.83. The lowest BCUT2D eigenvalue weighted by Gasteiger charge is -2.21. The van der Waals surface area contributed by atoms with E-state index in [-0.39, 0.29) is 11.3 Å². The number of anilines is 1. The molecular formula is C13H15N3O. The molecule has 4 heteroatoms. The molecule has 17 heavy (non-hydrogen) atoms. The predicted octanol–water partition coefficient (Wildman–Crippen LogP) is 1.31. The average molecular weight is 231 g/mol. The van der Waals surface area contributed by atoms with Crippen LogP contribution in [0, 0.1) is 5.41 Å². The van der Waals surface area contributed by atoms with Gasteiger partial charge < -0.3 is 10.2 Å². The number of carbonyl (C=O) groups is 1. The first-order chi connectivity index (χ1) is 8.59. The van der Waals surface area contributed by atoms with Gasteiger partial charge in [0.1, 0.15) is 5.82 Å². The van der Waals surface area contributed by atoms with E-state index in [0.29, 0.717) is 19.0 Å². The summed E-state index contributed by atoms with van der Waals surface area (Å²) in [7, 11) is 0. The number of rotatable bonds is 1. The van der Waals surface area contributed by atoms with Crippen molar-refractivity contribution in [1.29, 1.82) is 0 Å². The molecule has 0 radical (unpaired) electrons. The van der Waals surface area contributed by atoms with Gasteiger partial charge in [-0.15, -0.1) is 0 Å². The lowest BCUT2D eigenvalue weighted by atomic mass is 9.85. The molecule has 1 N–H and O–H groups in total. The smallest absolute Gasteiger partial charge is 0.232 e. The number of pyridine rings is 1. The molecule has 0 saturated carbocycles. The van der Waals surface area contributed by atoms with Crippen molar-refractivity contribution in [3.05, 3.63) is 36.6 Å². The molecule has 1 unspecified atom stereocenters. The van der Waals surface area contributed by atoms with Crippen molar-refractivity contribution in [2.24, 2.45) is 5.41 Å². The van der Waals surface area contributed by atoms with Crippen LogP contribution in [-0.2, 0) is 4.79 Å². The third-order valence-electron chi connectivity index (χ3n) is 3.59. The fraction of sp³-hybridized carbons (Fsp3) is 0.385. The van der Waals surface area contributed by atoms with Gasteiger partial charge in [0.25, 0.3) is 0 Å². The first kappa shape index (κ1) is 9.22. The highest BCUT2D eigenvalue weighted by Crippen LogP contribution is 2.41. The van der Waals surface area contributed by atoms with Crippen LogP contribution in [0.3, 0.4) is 0 Å². The molecule has 4 nitrogen and oxygen atoms in total. The molecule has 1 spiro atoms. The van der Waals surface area contributed by atoms with E-state index in [4.69, 9.17) is 1.37 Å². The maximum Gasteiger partial charge on any atom is 0.232 e. The molecule has 2 saturated heterocycles. The quantitative estimate of drug-likeness (QED) is 0.792. The highest BCUT2D eigenvalue weighted by atomic mass is 16.2. The Labute approximate surface area is 102 Å². The van der Waals surface area contributed by atoms with E-state index in [1.54, 1.807) is 18.3 Å². The summed E-state index contributed by atoms with van der Waals surface area (Å²) in [5.74, 6) is 0.863. The van der Waals surface area contributed by atoms with Gasteiger partial charge in [0, 0.05) is 31.4 Å². The van der Waals surface area contributed by atoms with Gasteiger partial charge in [-0.2, -0.15) is 0 Å². The molecular weight excluding hydrogens is 214 g/mol. The molecule has 2 aliphatic rings. The van der Waals surface area contributed by atoms with Gasteiger partial charge in [0.15, 0.2) is 0 Å². The number of carbonyl (C=O) groups excluding carboxylic acids is 1. The van der Waals surface area contributed by atoms with Crippen LogP contribution in [0.2, 0.25) is 0 Å². The van der Waals surface area contributed by atoms with Crippen LogP contribution in [0.15, 0.2) is 36.6 Å². The maximum absolute atomic E-state index is 12.0. The summed E-state index contributed by atoms with van der Waals surface area (Å²) in [6.07, 6.45) is 3.17. The minimum atomic E-state index is -0.337. The van der Waals surface area contributed by atoms with E-state index in [1.807, 2.05) is 0 Å². The van der Waals surface area contributed by atoms with Crippen molar-refractivity contribution in [2.75, 3.05) is 18.0 Å². The average Bonchev–Trinajstić information content (AvgIpc) is 2.85. The van der Waals surface area contributed by atoms with Crippen LogP contribution < -0.4 is 10.2 Å². The Morgan fingerprint density at radius 3 is 3.24 bits per heavy atom. The molecule has 0 aromatic carbocycles. The summed E-state index contributed by atoms with van der Waals surface area (Å²) in [5.41, 5.74) is 0.473. The van der Waals surface area contributed by atoms with Crippen LogP contribution in [0.4, 0.5) is 5.82 Å². The van der Waals surface area contributed by atoms with Gasteiger partial charge in [0.05, 0.1) is 6.79 Å². The van der Waals surface area contributed by atoms with E-state index in [1.165, 1.54) is 0 Å². The van der Waals surface area contributed by atoms with Crippen molar-refractivity contribution in [1.82, 2.24) is 10.3 Å². The Kier molecular flexibility index (Phi) is 1.94. The van der Waals surface area contributed by atoms with E-state index in [2.05, 4.69) is 21.8 Å². The third-order valence-corrected chi connectivity index (χ3v) is 3.59. The number of aromatic nitrogens is 1. The van der Waals surface area contributed by atoms with Crippen LogP contribution in [-0.4, -0.2) is 24.0 Å². The fourth-order valence-corrected chi connectivity index (χ4v) is 2.71. The minimum Gasteiger partial charge on any atom is -0.355 e. The van der Waals surface area contributed by atoms with Gasteiger partial charge in [-0.05, 0) is 18.6 Å². The molecule has 1 amide bonds. The second-order valence-corrected chi connectivity index (χ2v) is 4.80. The number of nitrogens with one attached hydrogen (secondary N) is 1. The van der Waals surface area contributed by atoms with Gasteiger partial charge in [-0.25, -0.2) is 4.98 Å². The molecule has 0 bridgehead atoms. The summed E-state index contributed by atoms with van der Waals surface area (Å²) in [4.78, 5) is 18.3. The Morgan fingerprint density at radius 1 is 1.65 bits per heavy atom. The second kappa shape index (κ2) is 3.58. The van der Waals surface area contributed by atoms with Crippen molar-refractivity contribution in [3.8, 4) is 0 Å². The van der Waals surface area contributed by atoms with Crippen molar-refractivity contribution >= 4 is 11.7 Å². The highest BCUT2D eigenvalue weighted by Gasteiger charge is 2.49. The lowest BCUT2D eigenvalue weighted by molar-refractivity contribution is -0.126. The molecule has 3 heterocycles. The fourth-order valence-electron chi connectivity index (χ4n) is 2.71. The SMILES string of the molecule is [3H]c1ccnc(N2CCC3(CC(=C)NC3=O)C2)c1. The lowest BCUT2D eigenvalue weighted by Crippen LogP contribution is -2.34. The third kappa shape index (κ3) is 1.60. The van der Waals surface area contributed by atoms with Crippen LogP contribution in [0.1, 0.15) is 14.2 Å². The maximum atomic E-state index is 12.0. The van der Waals surface area contributed by atoms with Gasteiger partial charge in [-0.1, -0.05) is 12.6 Å². The second-order valence-electron chi connectivity index (χ2n) is 4.80. The monoisotopic (exact) mass is 231 g/mol. The normalized spacial score (nSPS) is 28.7. The first-order valence-electron chi connectivity index (χ1n) is 6.26. The molecule has 88 valence electrons. The zero-order valence-electron chi connectivity index (χ0n) is 10.6. The van der Waals surface area contributed by atoms with E-state index < -0.39 is 0 Å². The number of amides is 1. The summed E-state index contributed by atoms with van der Waals surface area (Å²) < 4.78 is 7.61. The highest BCUT2D eigenvalue weighted by molar-refractivity contribution is 5.88. The summed E-state index contributed by atoms with van der Waals surface area (Å²) in [6.45, 7) is 5.30. The van der Waals surface area contributed by atoms with Gasteiger partial charge in [0.2, 0.25) is 5.91 Å². The number of nitrogens with zero attached hydrogens (tertiary/aromatic N) is 2. The molecule has 1 aromatic heterocycles. The Morgan fingerprint density at radius 2 is 2.53 bits per heavy atom. The van der Waals surface area contributed by atoms with E-state index in [9.17, 15) is 4.79 Å². The van der Waals surface area contributed by atoms with E-state index in [0.717, 1.165) is 24.5 Å². The number of hydrogen-bond donors (Lipinski definition) is 1. The molecule has 2 fully saturated rings. The molecule has 0 aliphatic carbocycles. The standard InChI is InChI=1S/C13H15N3O/c1-10-8-13(12(17)15-10)5-7-16(9-13)11-4-2-3-6-14-11/h2-4,6H,1,5,7-9H2,(H,15,17)/i2T. The zero-order chi connectivity index (χ0) is 12.8. The topological polar surface area (TPSA) is 45.2 Å². The van der Waals surface area contributed by atoms with Gasteiger partial charge >= 0.3 is 0 Å². The Hall–Kier alpha value is -1.84. The molecule has 1 atom stereocenters. The van der Waals surface area contributed by atoms with E-state index >= 15 is 0 Å². The predicted molar refractivity (Wildman–Crippen MR) is 65.4 cm³/mol. The summed E-state index contributed by atoms with van der Waals surface area (Å²) >= 11 is 0. The van der Waals surface area contributed by atoms with Crippen molar-refractivity contribution in [2.45, 2.75) is 12.8 Å². The molecule has 1 aromatic rings. The largest absolute Gasteiger partial charge is 0.355 e. The zero-order valence-corrected chi connectivity index (χ0v) is 9.57. The molecule has 2 aliphatic heterocycles. The van der Waals surface area contributed by atoms with Crippen LogP contribution >= 0.6 is 0 Å². The minimum absolute atomic E-state index is 0.0806. The van der Waals surface area contributed by atoms with Crippen molar-refractivity contribution in [3.63, 3.8) is 0 Å². The number of allylic oxidation sites excluding steroid dienone is 1. The number of hydrogen-bond acceptors (Lipinski definition) is 3. The first-order valence-corrected chi connectivity index (χ1v) is 5.76. The Bertz CT molecular complexity index is 531. The summed E-state index contributed by atoms with van der Waals surface area (Å²) in [5, 5.41) is 2.82. The molecule has 3 rings (SSSR count). The van der Waals surface area contributed by atoms with Crippen molar-refractivity contribution < 1.29 is 6.17 Å².